The molecule has 2 fully saturated rings. The predicted molar refractivity (Wildman–Crippen MR) is 109 cm³/mol. The number of hydrogen-bond donors (Lipinski definition) is 4. The number of phenols is 1. The molecule has 1 aromatic rings. The number of likely N-dealkylation sites (N-methyl/N-ethyl adjacent to an activating group) is 1. The number of ether oxygens (including phenoxy) is 2. The summed E-state index contributed by atoms with van der Waals surface area (Å²) in [6.45, 7) is 0.877. The quantitative estimate of drug-likeness (QED) is 0.519. The molecule has 1 aromatic carbocycles. The van der Waals surface area contributed by atoms with Crippen molar-refractivity contribution in [2.45, 2.75) is 61.7 Å². The lowest BCUT2D eigenvalue weighted by Gasteiger charge is -2.59. The number of rotatable bonds is 6. The first kappa shape index (κ1) is 20.4. The van der Waals surface area contributed by atoms with Gasteiger partial charge < -0.3 is 29.7 Å². The highest BCUT2D eigenvalue weighted by molar-refractivity contribution is 5.80. The number of phenolic OH excluding ortho intramolecular Hbond substituents is 1. The molecule has 0 amide bonds. The molecule has 0 unspecified atom stereocenters. The van der Waals surface area contributed by atoms with Gasteiger partial charge in [0, 0.05) is 34.7 Å². The van der Waals surface area contributed by atoms with E-state index in [9.17, 15) is 19.8 Å². The SMILES string of the molecule is COc1cc(O)c2c3c1C[C@@H]1[C@@H]4CC[C@@H](N[C@@H](CC(=O)O)C(=O)O)[C@H](O2)[C@]34CCN1C. The number of nitrogens with zero attached hydrogens (tertiary/aromatic N) is 1. The number of hydrogen-bond acceptors (Lipinski definition) is 7. The normalized spacial score (nSPS) is 33.9. The van der Waals surface area contributed by atoms with E-state index in [1.165, 1.54) is 0 Å². The third-order valence-corrected chi connectivity index (χ3v) is 7.99. The van der Waals surface area contributed by atoms with Gasteiger partial charge in [-0.15, -0.1) is 0 Å². The van der Waals surface area contributed by atoms with Crippen molar-refractivity contribution in [2.75, 3.05) is 20.7 Å². The lowest BCUT2D eigenvalue weighted by atomic mass is 9.51. The molecule has 6 atom stereocenters. The molecule has 2 aliphatic heterocycles. The number of carboxylic acid groups (broad SMARTS) is 2. The lowest BCUT2D eigenvalue weighted by Crippen LogP contribution is -2.69. The average molecular weight is 432 g/mol. The summed E-state index contributed by atoms with van der Waals surface area (Å²) in [5.41, 5.74) is 1.72. The smallest absolute Gasteiger partial charge is 0.321 e. The molecular formula is C22H28N2O7. The third-order valence-electron chi connectivity index (χ3n) is 7.99. The summed E-state index contributed by atoms with van der Waals surface area (Å²) in [4.78, 5) is 25.3. The van der Waals surface area contributed by atoms with Crippen LogP contribution in [0.3, 0.4) is 0 Å². The summed E-state index contributed by atoms with van der Waals surface area (Å²) in [5.74, 6) is -0.862. The molecule has 9 heteroatoms. The van der Waals surface area contributed by atoms with Crippen molar-refractivity contribution in [2.24, 2.45) is 5.92 Å². The number of aliphatic carboxylic acids is 2. The molecule has 31 heavy (non-hydrogen) atoms. The van der Waals surface area contributed by atoms with Crippen molar-refractivity contribution in [3.05, 3.63) is 17.2 Å². The Hall–Kier alpha value is -2.52. The minimum atomic E-state index is -1.20. The number of carboxylic acids is 2. The molecule has 168 valence electrons. The molecule has 0 radical (unpaired) electrons. The van der Waals surface area contributed by atoms with Crippen LogP contribution >= 0.6 is 0 Å². The third kappa shape index (κ3) is 2.75. The zero-order chi connectivity index (χ0) is 22.1. The van der Waals surface area contributed by atoms with E-state index in [-0.39, 0.29) is 23.3 Å². The van der Waals surface area contributed by atoms with Gasteiger partial charge in [-0.1, -0.05) is 0 Å². The van der Waals surface area contributed by atoms with E-state index < -0.39 is 24.4 Å². The second-order valence-corrected chi connectivity index (χ2v) is 9.31. The van der Waals surface area contributed by atoms with Crippen molar-refractivity contribution in [1.82, 2.24) is 10.2 Å². The molecule has 0 aromatic heterocycles. The number of aromatic hydroxyl groups is 1. The van der Waals surface area contributed by atoms with Crippen LogP contribution in [0.2, 0.25) is 0 Å². The van der Waals surface area contributed by atoms with E-state index in [0.717, 1.165) is 36.9 Å². The van der Waals surface area contributed by atoms with Gasteiger partial charge in [-0.25, -0.2) is 0 Å². The summed E-state index contributed by atoms with van der Waals surface area (Å²) < 4.78 is 12.0. The zero-order valence-electron chi connectivity index (χ0n) is 17.6. The van der Waals surface area contributed by atoms with Crippen LogP contribution in [0, 0.1) is 5.92 Å². The van der Waals surface area contributed by atoms with E-state index in [4.69, 9.17) is 14.6 Å². The topological polar surface area (TPSA) is 129 Å². The first-order valence-electron chi connectivity index (χ1n) is 10.8. The van der Waals surface area contributed by atoms with Gasteiger partial charge in [0.25, 0.3) is 0 Å². The molecule has 9 nitrogen and oxygen atoms in total. The van der Waals surface area contributed by atoms with Crippen LogP contribution < -0.4 is 14.8 Å². The van der Waals surface area contributed by atoms with E-state index in [1.807, 2.05) is 0 Å². The highest BCUT2D eigenvalue weighted by Crippen LogP contribution is 2.65. The monoisotopic (exact) mass is 432 g/mol. The molecule has 2 heterocycles. The van der Waals surface area contributed by atoms with Crippen LogP contribution in [0.15, 0.2) is 6.07 Å². The van der Waals surface area contributed by atoms with Gasteiger partial charge in [-0.3, -0.25) is 14.9 Å². The Kier molecular flexibility index (Phi) is 4.60. The van der Waals surface area contributed by atoms with E-state index in [2.05, 4.69) is 17.3 Å². The highest BCUT2D eigenvalue weighted by atomic mass is 16.5. The fourth-order valence-electron chi connectivity index (χ4n) is 6.79. The Morgan fingerprint density at radius 1 is 1.39 bits per heavy atom. The summed E-state index contributed by atoms with van der Waals surface area (Å²) in [6.07, 6.45) is 2.34. The molecule has 2 bridgehead atoms. The van der Waals surface area contributed by atoms with Crippen LogP contribution in [0.25, 0.3) is 0 Å². The maximum atomic E-state index is 11.7. The maximum absolute atomic E-state index is 11.7. The Morgan fingerprint density at radius 3 is 2.84 bits per heavy atom. The molecule has 4 aliphatic rings. The summed E-state index contributed by atoms with van der Waals surface area (Å²) in [7, 11) is 3.74. The van der Waals surface area contributed by atoms with Crippen molar-refractivity contribution in [1.29, 1.82) is 0 Å². The van der Waals surface area contributed by atoms with Crippen molar-refractivity contribution in [3.8, 4) is 17.2 Å². The summed E-state index contributed by atoms with van der Waals surface area (Å²) in [5, 5.41) is 32.5. The predicted octanol–water partition coefficient (Wildman–Crippen LogP) is 0.956. The largest absolute Gasteiger partial charge is 0.504 e. The minimum absolute atomic E-state index is 0.0366. The van der Waals surface area contributed by atoms with Crippen molar-refractivity contribution in [3.63, 3.8) is 0 Å². The Morgan fingerprint density at radius 2 is 2.16 bits per heavy atom. The molecular weight excluding hydrogens is 404 g/mol. The summed E-state index contributed by atoms with van der Waals surface area (Å²) in [6, 6.07) is 0.387. The number of carbonyl (C=O) groups is 2. The number of methoxy groups -OCH3 is 1. The number of benzene rings is 1. The molecule has 4 N–H and O–H groups in total. The van der Waals surface area contributed by atoms with Gasteiger partial charge >= 0.3 is 11.9 Å². The van der Waals surface area contributed by atoms with Crippen LogP contribution in [0.4, 0.5) is 0 Å². The van der Waals surface area contributed by atoms with Gasteiger partial charge in [0.1, 0.15) is 17.9 Å². The number of likely N-dealkylation sites (tertiary alicyclic amines) is 1. The van der Waals surface area contributed by atoms with Crippen LogP contribution in [0.5, 0.6) is 17.2 Å². The molecule has 1 spiro atoms. The molecule has 2 aliphatic carbocycles. The number of nitrogens with one attached hydrogen (secondary N) is 1. The molecule has 5 rings (SSSR count). The van der Waals surface area contributed by atoms with E-state index >= 15 is 0 Å². The Balaban J connectivity index is 1.60. The number of piperidine rings is 1. The van der Waals surface area contributed by atoms with Gasteiger partial charge in [0.05, 0.1) is 13.5 Å². The van der Waals surface area contributed by atoms with Crippen molar-refractivity contribution < 1.29 is 34.4 Å². The average Bonchev–Trinajstić information content (AvgIpc) is 3.07. The fourth-order valence-corrected chi connectivity index (χ4v) is 6.79. The first-order chi connectivity index (χ1) is 14.8. The lowest BCUT2D eigenvalue weighted by molar-refractivity contribution is -0.146. The Labute approximate surface area is 179 Å². The van der Waals surface area contributed by atoms with Crippen molar-refractivity contribution >= 4 is 11.9 Å². The minimum Gasteiger partial charge on any atom is -0.504 e. The molecule has 1 saturated carbocycles. The standard InChI is InChI=1S/C22H28N2O7/c1-24-6-5-22-11-3-4-12(23-13(21(28)29)8-17(26)27)20(22)31-19-15(25)9-16(30-2)10(18(19)22)7-14(11)24/h9,11-14,20,23,25H,3-8H2,1-2H3,(H,26,27)(H,28,29)/t11-,12+,13-,14+,20-,22-/m0/s1. The highest BCUT2D eigenvalue weighted by Gasteiger charge is 2.66. The van der Waals surface area contributed by atoms with E-state index in [0.29, 0.717) is 29.9 Å². The van der Waals surface area contributed by atoms with Crippen LogP contribution in [0.1, 0.15) is 36.8 Å². The second-order valence-electron chi connectivity index (χ2n) is 9.31. The van der Waals surface area contributed by atoms with Crippen LogP contribution in [-0.4, -0.2) is 77.1 Å². The van der Waals surface area contributed by atoms with Crippen LogP contribution in [-0.2, 0) is 21.4 Å². The maximum Gasteiger partial charge on any atom is 0.321 e. The summed E-state index contributed by atoms with van der Waals surface area (Å²) >= 11 is 0. The fraction of sp³-hybridized carbons (Fsp3) is 0.636. The van der Waals surface area contributed by atoms with Gasteiger partial charge in [0.15, 0.2) is 11.5 Å². The van der Waals surface area contributed by atoms with Gasteiger partial charge in [0.2, 0.25) is 0 Å². The van der Waals surface area contributed by atoms with Gasteiger partial charge in [-0.05, 0) is 45.2 Å². The van der Waals surface area contributed by atoms with Gasteiger partial charge in [-0.2, -0.15) is 0 Å². The Bertz CT molecular complexity index is 950. The second kappa shape index (κ2) is 7.00. The zero-order valence-corrected chi connectivity index (χ0v) is 17.6. The molecule has 1 saturated heterocycles. The van der Waals surface area contributed by atoms with E-state index in [1.54, 1.807) is 13.2 Å². The first-order valence-corrected chi connectivity index (χ1v) is 10.8.